The standard InChI is InChI=1S/C28H41N5O4S/c1-6-8-20(32-23(35)17-36-5)22(34)16-30-21-15-28(9-7-10-28)37-24-19(21)13-18(14-27(2,3)4)31-25(24)33-26-29-11-12-38-26/h6,11-13,20-22,30,34H,1,7-10,14-17H2,2-5H3,(H,32,35)(H,29,31,33)/t20-,21-,22+/m0/s1. The normalized spacial score (nSPS) is 19.6. The van der Waals surface area contributed by atoms with Crippen molar-refractivity contribution in [2.24, 2.45) is 5.41 Å². The fourth-order valence-electron chi connectivity index (χ4n) is 5.16. The number of hydrogen-bond acceptors (Lipinski definition) is 9. The van der Waals surface area contributed by atoms with Crippen molar-refractivity contribution >= 4 is 28.2 Å². The number of thiazole rings is 1. The molecule has 0 radical (unpaired) electrons. The number of methoxy groups -OCH3 is 1. The Hall–Kier alpha value is -2.53. The van der Waals surface area contributed by atoms with E-state index in [4.69, 9.17) is 14.5 Å². The third-order valence-corrected chi connectivity index (χ3v) is 7.73. The number of fused-ring (bicyclic) bond motifs is 1. The van der Waals surface area contributed by atoms with Crippen molar-refractivity contribution in [3.05, 3.63) is 41.6 Å². The highest BCUT2D eigenvalue weighted by atomic mass is 32.1. The number of nitrogens with zero attached hydrogens (tertiary/aromatic N) is 2. The van der Waals surface area contributed by atoms with Gasteiger partial charge in [0.05, 0.1) is 12.1 Å². The maximum absolute atomic E-state index is 12.1. The number of amides is 1. The van der Waals surface area contributed by atoms with Gasteiger partial charge in [-0.3, -0.25) is 4.79 Å². The minimum absolute atomic E-state index is 0.0358. The molecule has 10 heteroatoms. The van der Waals surface area contributed by atoms with Gasteiger partial charge in [-0.25, -0.2) is 9.97 Å². The van der Waals surface area contributed by atoms with Crippen LogP contribution in [0.5, 0.6) is 5.75 Å². The number of aromatic nitrogens is 2. The summed E-state index contributed by atoms with van der Waals surface area (Å²) in [6.45, 7) is 10.6. The minimum atomic E-state index is -0.804. The van der Waals surface area contributed by atoms with Gasteiger partial charge >= 0.3 is 0 Å². The van der Waals surface area contributed by atoms with Crippen LogP contribution in [0.15, 0.2) is 30.3 Å². The molecule has 2 aromatic heterocycles. The molecule has 3 heterocycles. The molecule has 0 unspecified atom stereocenters. The lowest BCUT2D eigenvalue weighted by Crippen LogP contribution is -2.52. The summed E-state index contributed by atoms with van der Waals surface area (Å²) in [6, 6.07) is 1.65. The van der Waals surface area contributed by atoms with E-state index in [0.29, 0.717) is 18.8 Å². The highest BCUT2D eigenvalue weighted by Gasteiger charge is 2.47. The average Bonchev–Trinajstić information content (AvgIpc) is 3.33. The zero-order valence-corrected chi connectivity index (χ0v) is 23.7. The molecule has 1 saturated carbocycles. The molecule has 3 atom stereocenters. The second-order valence-electron chi connectivity index (χ2n) is 11.6. The van der Waals surface area contributed by atoms with E-state index in [1.807, 2.05) is 5.38 Å². The lowest BCUT2D eigenvalue weighted by molar-refractivity contribution is -0.126. The average molecular weight is 544 g/mol. The molecule has 0 saturated heterocycles. The van der Waals surface area contributed by atoms with Crippen molar-refractivity contribution in [2.75, 3.05) is 25.6 Å². The summed E-state index contributed by atoms with van der Waals surface area (Å²) in [5.41, 5.74) is 1.83. The Morgan fingerprint density at radius 2 is 2.21 bits per heavy atom. The molecule has 4 N–H and O–H groups in total. The van der Waals surface area contributed by atoms with Gasteiger partial charge in [-0.1, -0.05) is 26.8 Å². The molecule has 1 amide bonds. The minimum Gasteiger partial charge on any atom is -0.483 e. The Balaban J connectivity index is 1.61. The molecule has 9 nitrogen and oxygen atoms in total. The largest absolute Gasteiger partial charge is 0.483 e. The molecule has 0 aromatic carbocycles. The summed E-state index contributed by atoms with van der Waals surface area (Å²) in [6.07, 6.45) is 7.83. The summed E-state index contributed by atoms with van der Waals surface area (Å²) in [4.78, 5) is 21.5. The van der Waals surface area contributed by atoms with Crippen LogP contribution in [0.4, 0.5) is 10.9 Å². The van der Waals surface area contributed by atoms with Crippen LogP contribution in [0.2, 0.25) is 0 Å². The van der Waals surface area contributed by atoms with Crippen LogP contribution in [0.1, 0.15) is 70.2 Å². The highest BCUT2D eigenvalue weighted by molar-refractivity contribution is 7.13. The number of aliphatic hydroxyl groups excluding tert-OH is 1. The summed E-state index contributed by atoms with van der Waals surface area (Å²) >= 11 is 1.52. The quantitative estimate of drug-likeness (QED) is 0.293. The fraction of sp³-hybridized carbons (Fsp3) is 0.607. The number of ether oxygens (including phenoxy) is 2. The molecular weight excluding hydrogens is 502 g/mol. The molecule has 1 fully saturated rings. The van der Waals surface area contributed by atoms with Crippen LogP contribution in [0, 0.1) is 5.41 Å². The maximum atomic E-state index is 12.1. The number of carbonyl (C=O) groups is 1. The number of aliphatic hydroxyl groups is 1. The number of carbonyl (C=O) groups excluding carboxylic acids is 1. The van der Waals surface area contributed by atoms with E-state index in [2.05, 4.69) is 54.4 Å². The van der Waals surface area contributed by atoms with Crippen LogP contribution in [-0.2, 0) is 16.0 Å². The van der Waals surface area contributed by atoms with Crippen LogP contribution >= 0.6 is 11.3 Å². The smallest absolute Gasteiger partial charge is 0.246 e. The lowest BCUT2D eigenvalue weighted by atomic mass is 9.72. The van der Waals surface area contributed by atoms with E-state index < -0.39 is 12.1 Å². The number of anilines is 2. The monoisotopic (exact) mass is 543 g/mol. The van der Waals surface area contributed by atoms with Crippen molar-refractivity contribution in [1.82, 2.24) is 20.6 Å². The van der Waals surface area contributed by atoms with Crippen molar-refractivity contribution in [2.45, 2.75) is 83.1 Å². The van der Waals surface area contributed by atoms with Crippen molar-refractivity contribution in [3.8, 4) is 5.75 Å². The van der Waals surface area contributed by atoms with E-state index in [1.165, 1.54) is 18.4 Å². The predicted molar refractivity (Wildman–Crippen MR) is 150 cm³/mol. The first kappa shape index (κ1) is 28.5. The Bertz CT molecular complexity index is 1100. The molecule has 38 heavy (non-hydrogen) atoms. The van der Waals surface area contributed by atoms with Gasteiger partial charge in [-0.05, 0) is 43.6 Å². The van der Waals surface area contributed by atoms with E-state index in [9.17, 15) is 9.90 Å². The second kappa shape index (κ2) is 12.1. The van der Waals surface area contributed by atoms with Gasteiger partial charge in [0.15, 0.2) is 16.7 Å². The summed E-state index contributed by atoms with van der Waals surface area (Å²) < 4.78 is 11.6. The number of rotatable bonds is 12. The zero-order chi connectivity index (χ0) is 27.3. The Morgan fingerprint density at radius 3 is 2.82 bits per heavy atom. The zero-order valence-electron chi connectivity index (χ0n) is 22.9. The summed E-state index contributed by atoms with van der Waals surface area (Å²) in [7, 11) is 1.47. The van der Waals surface area contributed by atoms with Crippen molar-refractivity contribution < 1.29 is 19.4 Å². The van der Waals surface area contributed by atoms with Crippen LogP contribution in [-0.4, -0.2) is 59.0 Å². The molecule has 208 valence electrons. The summed E-state index contributed by atoms with van der Waals surface area (Å²) in [5.74, 6) is 1.18. The second-order valence-corrected chi connectivity index (χ2v) is 12.5. The predicted octanol–water partition coefficient (Wildman–Crippen LogP) is 4.27. The van der Waals surface area contributed by atoms with Crippen molar-refractivity contribution in [1.29, 1.82) is 0 Å². The van der Waals surface area contributed by atoms with Gasteiger partial charge in [-0.15, -0.1) is 17.9 Å². The SMILES string of the molecule is C=CC[C@H](NC(=O)COC)[C@H](O)CN[C@H]1CC2(CCC2)Oc2c1cc(CC(C)(C)C)nc2Nc1nccs1. The van der Waals surface area contributed by atoms with Gasteiger partial charge < -0.3 is 30.5 Å². The first-order chi connectivity index (χ1) is 18.1. The van der Waals surface area contributed by atoms with Gasteiger partial charge in [0, 0.05) is 49.0 Å². The molecule has 1 spiro atoms. The number of nitrogens with one attached hydrogen (secondary N) is 3. The molecule has 1 aliphatic heterocycles. The molecular formula is C28H41N5O4S. The van der Waals surface area contributed by atoms with E-state index in [1.54, 1.807) is 12.3 Å². The van der Waals surface area contributed by atoms with Gasteiger partial charge in [0.2, 0.25) is 5.91 Å². The molecule has 2 aliphatic rings. The van der Waals surface area contributed by atoms with Crippen molar-refractivity contribution in [3.63, 3.8) is 0 Å². The molecule has 4 rings (SSSR count). The number of pyridine rings is 1. The van der Waals surface area contributed by atoms with Crippen LogP contribution < -0.4 is 20.7 Å². The van der Waals surface area contributed by atoms with Crippen LogP contribution in [0.25, 0.3) is 0 Å². The van der Waals surface area contributed by atoms with Gasteiger partial charge in [-0.2, -0.15) is 0 Å². The van der Waals surface area contributed by atoms with Gasteiger partial charge in [0.25, 0.3) is 0 Å². The third kappa shape index (κ3) is 7.11. The van der Waals surface area contributed by atoms with E-state index in [-0.39, 0.29) is 29.6 Å². The lowest BCUT2D eigenvalue weighted by Gasteiger charge is -2.48. The molecule has 1 aliphatic carbocycles. The van der Waals surface area contributed by atoms with E-state index in [0.717, 1.165) is 54.2 Å². The third-order valence-electron chi connectivity index (χ3n) is 7.04. The van der Waals surface area contributed by atoms with E-state index >= 15 is 0 Å². The summed E-state index contributed by atoms with van der Waals surface area (Å²) in [5, 5.41) is 23.6. The highest BCUT2D eigenvalue weighted by Crippen LogP contribution is 2.51. The Kier molecular flexibility index (Phi) is 9.07. The van der Waals surface area contributed by atoms with Gasteiger partial charge in [0.1, 0.15) is 12.2 Å². The first-order valence-electron chi connectivity index (χ1n) is 13.3. The maximum Gasteiger partial charge on any atom is 0.246 e. The number of hydrogen-bond donors (Lipinski definition) is 4. The topological polar surface area (TPSA) is 118 Å². The molecule has 0 bridgehead atoms. The first-order valence-corrected chi connectivity index (χ1v) is 14.2. The molecule has 2 aromatic rings. The fourth-order valence-corrected chi connectivity index (χ4v) is 5.68. The van der Waals surface area contributed by atoms with Crippen LogP contribution in [0.3, 0.4) is 0 Å². The Labute approximate surface area is 229 Å². The Morgan fingerprint density at radius 1 is 1.42 bits per heavy atom.